The molecule has 4 N–H and O–H groups in total. The number of hydrogen-bond acceptors (Lipinski definition) is 5. The average molecular weight is 312 g/mol. The summed E-state index contributed by atoms with van der Waals surface area (Å²) in [6, 6.07) is 1.07. The summed E-state index contributed by atoms with van der Waals surface area (Å²) in [6.07, 6.45) is 4.94. The van der Waals surface area contributed by atoms with Gasteiger partial charge in [-0.05, 0) is 32.9 Å². The van der Waals surface area contributed by atoms with E-state index in [1.165, 1.54) is 6.42 Å². The number of hydrogen-bond donors (Lipinski definition) is 4. The Hall–Kier alpha value is -0.880. The first kappa shape index (κ1) is 16.5. The molecule has 5 nitrogen and oxygen atoms in total. The number of thioether (sulfide) groups is 1. The first-order valence-electron chi connectivity index (χ1n) is 7.95. The minimum Gasteiger partial charge on any atom is -0.367 e. The molecule has 2 fully saturated rings. The highest BCUT2D eigenvalue weighted by molar-refractivity contribution is 8.00. The predicted molar refractivity (Wildman–Crippen MR) is 89.3 cm³/mol. The maximum atomic E-state index is 11.7. The van der Waals surface area contributed by atoms with Crippen molar-refractivity contribution in [3.63, 3.8) is 0 Å². The topological polar surface area (TPSA) is 65.2 Å². The van der Waals surface area contributed by atoms with Crippen LogP contribution < -0.4 is 21.3 Å². The van der Waals surface area contributed by atoms with Crippen LogP contribution in [-0.4, -0.2) is 49.1 Å². The van der Waals surface area contributed by atoms with Gasteiger partial charge in [0.2, 0.25) is 5.91 Å². The molecule has 0 bridgehead atoms. The van der Waals surface area contributed by atoms with Gasteiger partial charge >= 0.3 is 0 Å². The third kappa shape index (κ3) is 5.11. The SMILES string of the molecule is C=C1N[C@H]2[C@H](CS[C@H]2CCCCC(=O)NCCCNC)N1. The zero-order valence-electron chi connectivity index (χ0n) is 12.9. The summed E-state index contributed by atoms with van der Waals surface area (Å²) in [5.74, 6) is 2.32. The van der Waals surface area contributed by atoms with Crippen LogP contribution in [0.3, 0.4) is 0 Å². The van der Waals surface area contributed by atoms with Crippen molar-refractivity contribution in [3.8, 4) is 0 Å². The number of carbonyl (C=O) groups excluding carboxylic acids is 1. The Kier molecular flexibility index (Phi) is 6.70. The molecule has 6 heteroatoms. The molecule has 2 aliphatic heterocycles. The molecule has 0 aromatic carbocycles. The second kappa shape index (κ2) is 8.54. The van der Waals surface area contributed by atoms with Gasteiger partial charge in [0, 0.05) is 24.0 Å². The lowest BCUT2D eigenvalue weighted by atomic mass is 10.0. The Bertz CT molecular complexity index is 364. The van der Waals surface area contributed by atoms with Crippen molar-refractivity contribution < 1.29 is 4.79 Å². The maximum Gasteiger partial charge on any atom is 0.219 e. The van der Waals surface area contributed by atoms with E-state index in [0.29, 0.717) is 23.8 Å². The van der Waals surface area contributed by atoms with E-state index in [1.54, 1.807) is 0 Å². The molecule has 120 valence electrons. The van der Waals surface area contributed by atoms with Crippen LogP contribution in [0.2, 0.25) is 0 Å². The molecule has 0 saturated carbocycles. The minimum atomic E-state index is 0.192. The largest absolute Gasteiger partial charge is 0.367 e. The number of fused-ring (bicyclic) bond motifs is 1. The molecule has 0 unspecified atom stereocenters. The van der Waals surface area contributed by atoms with Gasteiger partial charge in [0.25, 0.3) is 0 Å². The summed E-state index contributed by atoms with van der Waals surface area (Å²) in [5.41, 5.74) is 0. The number of nitrogens with one attached hydrogen (secondary N) is 4. The fourth-order valence-electron chi connectivity index (χ4n) is 2.96. The van der Waals surface area contributed by atoms with Crippen LogP contribution in [0.1, 0.15) is 32.1 Å². The molecule has 2 rings (SSSR count). The van der Waals surface area contributed by atoms with Crippen molar-refractivity contribution in [1.82, 2.24) is 21.3 Å². The molecule has 2 aliphatic rings. The van der Waals surface area contributed by atoms with Gasteiger partial charge in [-0.3, -0.25) is 4.79 Å². The first-order chi connectivity index (χ1) is 10.2. The van der Waals surface area contributed by atoms with E-state index in [-0.39, 0.29) is 5.91 Å². The summed E-state index contributed by atoms with van der Waals surface area (Å²) >= 11 is 2.04. The van der Waals surface area contributed by atoms with E-state index in [2.05, 4.69) is 27.8 Å². The van der Waals surface area contributed by atoms with Crippen LogP contribution in [0.4, 0.5) is 0 Å². The van der Waals surface area contributed by atoms with Crippen LogP contribution in [0.25, 0.3) is 0 Å². The average Bonchev–Trinajstić information content (AvgIpc) is 2.99. The van der Waals surface area contributed by atoms with E-state index in [0.717, 1.165) is 43.9 Å². The monoisotopic (exact) mass is 312 g/mol. The first-order valence-corrected chi connectivity index (χ1v) is 9.00. The van der Waals surface area contributed by atoms with Crippen molar-refractivity contribution in [2.75, 3.05) is 25.9 Å². The van der Waals surface area contributed by atoms with Gasteiger partial charge in [0.05, 0.1) is 17.9 Å². The Morgan fingerprint density at radius 1 is 1.33 bits per heavy atom. The fraction of sp³-hybridized carbons (Fsp3) is 0.800. The third-order valence-corrected chi connectivity index (χ3v) is 5.60. The van der Waals surface area contributed by atoms with Crippen molar-refractivity contribution in [3.05, 3.63) is 12.4 Å². The molecule has 0 aromatic rings. The van der Waals surface area contributed by atoms with Gasteiger partial charge in [-0.1, -0.05) is 13.0 Å². The molecule has 1 amide bonds. The second-order valence-electron chi connectivity index (χ2n) is 5.82. The van der Waals surface area contributed by atoms with Crippen LogP contribution in [0.15, 0.2) is 12.4 Å². The lowest BCUT2D eigenvalue weighted by molar-refractivity contribution is -0.121. The molecule has 0 aliphatic carbocycles. The van der Waals surface area contributed by atoms with Gasteiger partial charge in [0.15, 0.2) is 0 Å². The van der Waals surface area contributed by atoms with Crippen LogP contribution >= 0.6 is 11.8 Å². The molecule has 0 spiro atoms. The molecular formula is C15H28N4OS. The van der Waals surface area contributed by atoms with Gasteiger partial charge in [0.1, 0.15) is 0 Å². The summed E-state index contributed by atoms with van der Waals surface area (Å²) in [4.78, 5) is 11.7. The van der Waals surface area contributed by atoms with Crippen molar-refractivity contribution in [2.24, 2.45) is 0 Å². The Balaban J connectivity index is 1.52. The smallest absolute Gasteiger partial charge is 0.219 e. The Labute approximate surface area is 132 Å². The van der Waals surface area contributed by atoms with Gasteiger partial charge < -0.3 is 21.3 Å². The van der Waals surface area contributed by atoms with E-state index < -0.39 is 0 Å². The zero-order chi connectivity index (χ0) is 15.1. The molecular weight excluding hydrogens is 284 g/mol. The highest BCUT2D eigenvalue weighted by Crippen LogP contribution is 2.34. The number of rotatable bonds is 9. The Morgan fingerprint density at radius 3 is 3.00 bits per heavy atom. The normalized spacial score (nSPS) is 27.1. The molecule has 2 saturated heterocycles. The third-order valence-electron chi connectivity index (χ3n) is 4.09. The maximum absolute atomic E-state index is 11.7. The van der Waals surface area contributed by atoms with Gasteiger partial charge in [-0.15, -0.1) is 0 Å². The van der Waals surface area contributed by atoms with E-state index in [9.17, 15) is 4.79 Å². The lowest BCUT2D eigenvalue weighted by Gasteiger charge is -2.17. The predicted octanol–water partition coefficient (Wildman–Crippen LogP) is 0.789. The minimum absolute atomic E-state index is 0.192. The quantitative estimate of drug-likeness (QED) is 0.474. The van der Waals surface area contributed by atoms with Gasteiger partial charge in [-0.25, -0.2) is 0 Å². The standard InChI is InChI=1S/C15H28N4OS/c1-11-18-12-10-21-13(15(12)19-11)6-3-4-7-14(20)17-9-5-8-16-2/h12-13,15-16,18-19H,1,3-10H2,2H3,(H,17,20)/t12-,13-,15-/m0/s1. The van der Waals surface area contributed by atoms with E-state index >= 15 is 0 Å². The molecule has 21 heavy (non-hydrogen) atoms. The number of amides is 1. The van der Waals surface area contributed by atoms with Gasteiger partial charge in [-0.2, -0.15) is 11.8 Å². The lowest BCUT2D eigenvalue weighted by Crippen LogP contribution is -2.36. The zero-order valence-corrected chi connectivity index (χ0v) is 13.7. The van der Waals surface area contributed by atoms with E-state index in [1.807, 2.05) is 18.8 Å². The molecule has 0 radical (unpaired) electrons. The molecule has 3 atom stereocenters. The van der Waals surface area contributed by atoms with E-state index in [4.69, 9.17) is 0 Å². The van der Waals surface area contributed by atoms with Crippen LogP contribution in [0, 0.1) is 0 Å². The summed E-state index contributed by atoms with van der Waals surface area (Å²) in [7, 11) is 1.93. The number of unbranched alkanes of at least 4 members (excludes halogenated alkanes) is 1. The summed E-state index contributed by atoms with van der Waals surface area (Å²) in [5, 5.41) is 13.5. The molecule has 2 heterocycles. The highest BCUT2D eigenvalue weighted by Gasteiger charge is 2.40. The second-order valence-corrected chi connectivity index (χ2v) is 7.10. The highest BCUT2D eigenvalue weighted by atomic mass is 32.2. The van der Waals surface area contributed by atoms with Crippen molar-refractivity contribution >= 4 is 17.7 Å². The van der Waals surface area contributed by atoms with Crippen LogP contribution in [0.5, 0.6) is 0 Å². The van der Waals surface area contributed by atoms with Crippen molar-refractivity contribution in [2.45, 2.75) is 49.4 Å². The van der Waals surface area contributed by atoms with Crippen LogP contribution in [-0.2, 0) is 4.79 Å². The fourth-order valence-corrected chi connectivity index (χ4v) is 4.50. The number of carbonyl (C=O) groups is 1. The Morgan fingerprint density at radius 2 is 2.19 bits per heavy atom. The molecule has 0 aromatic heterocycles. The summed E-state index contributed by atoms with van der Waals surface area (Å²) in [6.45, 7) is 5.67. The summed E-state index contributed by atoms with van der Waals surface area (Å²) < 4.78 is 0. The van der Waals surface area contributed by atoms with Crippen molar-refractivity contribution in [1.29, 1.82) is 0 Å².